The maximum absolute atomic E-state index is 12.6. The Kier molecular flexibility index (Phi) is 2.95. The van der Waals surface area contributed by atoms with Crippen LogP contribution in [0, 0.1) is 5.82 Å². The second-order valence-corrected chi connectivity index (χ2v) is 3.17. The third-order valence-corrected chi connectivity index (χ3v) is 1.89. The lowest BCUT2D eigenvalue weighted by Gasteiger charge is -2.03. The summed E-state index contributed by atoms with van der Waals surface area (Å²) in [5.74, 6) is -0.760. The van der Waals surface area contributed by atoms with Gasteiger partial charge in [-0.05, 0) is 24.3 Å². The summed E-state index contributed by atoms with van der Waals surface area (Å²) >= 11 is 0. The van der Waals surface area contributed by atoms with Crippen molar-refractivity contribution in [2.75, 3.05) is 5.73 Å². The van der Waals surface area contributed by atoms with Crippen molar-refractivity contribution in [3.63, 3.8) is 0 Å². The van der Waals surface area contributed by atoms with Crippen molar-refractivity contribution in [3.05, 3.63) is 48.2 Å². The highest BCUT2D eigenvalue weighted by Crippen LogP contribution is 2.12. The highest BCUT2D eigenvalue weighted by molar-refractivity contribution is 5.88. The molecular formula is C11H8FN3O2. The van der Waals surface area contributed by atoms with E-state index in [0.29, 0.717) is 0 Å². The SMILES string of the molecule is Nc1cncc(C(=O)Oc2ccc(F)cc2)n1. The van der Waals surface area contributed by atoms with E-state index in [4.69, 9.17) is 10.5 Å². The third kappa shape index (κ3) is 2.75. The molecule has 0 aliphatic rings. The molecule has 0 aliphatic heterocycles. The number of ether oxygens (including phenoxy) is 1. The number of nitrogen functional groups attached to an aromatic ring is 1. The Morgan fingerprint density at radius 1 is 1.24 bits per heavy atom. The largest absolute Gasteiger partial charge is 0.422 e. The van der Waals surface area contributed by atoms with E-state index in [1.807, 2.05) is 0 Å². The highest BCUT2D eigenvalue weighted by atomic mass is 19.1. The molecule has 17 heavy (non-hydrogen) atoms. The maximum atomic E-state index is 12.6. The first-order valence-corrected chi connectivity index (χ1v) is 4.70. The summed E-state index contributed by atoms with van der Waals surface area (Å²) < 4.78 is 17.6. The number of carbonyl (C=O) groups is 1. The van der Waals surface area contributed by atoms with Gasteiger partial charge in [0.2, 0.25) is 0 Å². The molecule has 0 aliphatic carbocycles. The molecule has 2 aromatic rings. The summed E-state index contributed by atoms with van der Waals surface area (Å²) in [4.78, 5) is 19.0. The minimum absolute atomic E-state index is 0.00525. The van der Waals surface area contributed by atoms with E-state index in [1.165, 1.54) is 36.7 Å². The molecule has 6 heteroatoms. The monoisotopic (exact) mass is 233 g/mol. The molecule has 0 saturated carbocycles. The molecule has 0 saturated heterocycles. The number of halogens is 1. The van der Waals surface area contributed by atoms with Crippen molar-refractivity contribution < 1.29 is 13.9 Å². The topological polar surface area (TPSA) is 78.1 Å². The van der Waals surface area contributed by atoms with Gasteiger partial charge in [-0.15, -0.1) is 0 Å². The van der Waals surface area contributed by atoms with Crippen molar-refractivity contribution in [2.45, 2.75) is 0 Å². The fourth-order valence-corrected chi connectivity index (χ4v) is 1.14. The lowest BCUT2D eigenvalue weighted by molar-refractivity contribution is 0.0728. The first kappa shape index (κ1) is 11.0. The second kappa shape index (κ2) is 4.56. The van der Waals surface area contributed by atoms with Gasteiger partial charge in [0.1, 0.15) is 17.4 Å². The fraction of sp³-hybridized carbons (Fsp3) is 0. The van der Waals surface area contributed by atoms with Gasteiger partial charge in [0.05, 0.1) is 12.4 Å². The molecule has 2 rings (SSSR count). The zero-order valence-electron chi connectivity index (χ0n) is 8.63. The Morgan fingerprint density at radius 3 is 2.59 bits per heavy atom. The van der Waals surface area contributed by atoms with E-state index in [-0.39, 0.29) is 17.3 Å². The predicted octanol–water partition coefficient (Wildman–Crippen LogP) is 1.42. The minimum atomic E-state index is -0.698. The van der Waals surface area contributed by atoms with Crippen molar-refractivity contribution in [1.82, 2.24) is 9.97 Å². The molecule has 86 valence electrons. The van der Waals surface area contributed by atoms with Crippen LogP contribution in [-0.4, -0.2) is 15.9 Å². The average molecular weight is 233 g/mol. The van der Waals surface area contributed by atoms with Crippen LogP contribution >= 0.6 is 0 Å². The number of benzene rings is 1. The number of aromatic nitrogens is 2. The Bertz CT molecular complexity index is 543. The molecule has 0 atom stereocenters. The lowest BCUT2D eigenvalue weighted by Crippen LogP contribution is -2.12. The standard InChI is InChI=1S/C11H8FN3O2/c12-7-1-3-8(4-2-7)17-11(16)9-5-14-6-10(13)15-9/h1-6H,(H2,13,15). The summed E-state index contributed by atoms with van der Waals surface area (Å²) in [6, 6.07) is 5.06. The van der Waals surface area contributed by atoms with Gasteiger partial charge in [-0.2, -0.15) is 0 Å². The molecule has 1 heterocycles. The maximum Gasteiger partial charge on any atom is 0.364 e. The normalized spacial score (nSPS) is 9.94. The zero-order chi connectivity index (χ0) is 12.3. The number of nitrogens with two attached hydrogens (primary N) is 1. The average Bonchev–Trinajstić information content (AvgIpc) is 2.32. The van der Waals surface area contributed by atoms with E-state index in [1.54, 1.807) is 0 Å². The number of rotatable bonds is 2. The number of hydrogen-bond acceptors (Lipinski definition) is 5. The number of nitrogens with zero attached hydrogens (tertiary/aromatic N) is 2. The van der Waals surface area contributed by atoms with E-state index in [0.717, 1.165) is 0 Å². The van der Waals surface area contributed by atoms with E-state index in [9.17, 15) is 9.18 Å². The Hall–Kier alpha value is -2.50. The van der Waals surface area contributed by atoms with Crippen LogP contribution in [0.3, 0.4) is 0 Å². The smallest absolute Gasteiger partial charge is 0.364 e. The summed E-state index contributed by atoms with van der Waals surface area (Å²) in [5.41, 5.74) is 5.37. The molecule has 1 aromatic carbocycles. The molecule has 5 nitrogen and oxygen atoms in total. The van der Waals surface area contributed by atoms with Crippen molar-refractivity contribution in [3.8, 4) is 5.75 Å². The summed E-state index contributed by atoms with van der Waals surface area (Å²) in [6.45, 7) is 0. The van der Waals surface area contributed by atoms with E-state index in [2.05, 4.69) is 9.97 Å². The molecule has 0 fully saturated rings. The molecule has 0 bridgehead atoms. The Balaban J connectivity index is 2.14. The summed E-state index contributed by atoms with van der Waals surface area (Å²) in [7, 11) is 0. The molecular weight excluding hydrogens is 225 g/mol. The van der Waals surface area contributed by atoms with Gasteiger partial charge in [0.15, 0.2) is 5.69 Å². The van der Waals surface area contributed by atoms with Crippen LogP contribution in [0.1, 0.15) is 10.5 Å². The van der Waals surface area contributed by atoms with Gasteiger partial charge in [0.25, 0.3) is 0 Å². The third-order valence-electron chi connectivity index (χ3n) is 1.89. The van der Waals surface area contributed by atoms with Gasteiger partial charge in [-0.3, -0.25) is 4.98 Å². The molecule has 0 amide bonds. The molecule has 0 unspecified atom stereocenters. The molecule has 2 N–H and O–H groups in total. The van der Waals surface area contributed by atoms with Crippen LogP contribution in [0.2, 0.25) is 0 Å². The van der Waals surface area contributed by atoms with Crippen LogP contribution in [0.15, 0.2) is 36.7 Å². The van der Waals surface area contributed by atoms with Gasteiger partial charge < -0.3 is 10.5 Å². The van der Waals surface area contributed by atoms with Crippen LogP contribution < -0.4 is 10.5 Å². The Labute approximate surface area is 96.1 Å². The fourth-order valence-electron chi connectivity index (χ4n) is 1.14. The lowest BCUT2D eigenvalue weighted by atomic mass is 10.3. The zero-order valence-corrected chi connectivity index (χ0v) is 8.63. The predicted molar refractivity (Wildman–Crippen MR) is 57.8 cm³/mol. The molecule has 1 aromatic heterocycles. The van der Waals surface area contributed by atoms with Gasteiger partial charge in [-0.1, -0.05) is 0 Å². The van der Waals surface area contributed by atoms with Crippen LogP contribution in [0.4, 0.5) is 10.2 Å². The van der Waals surface area contributed by atoms with Crippen molar-refractivity contribution in [2.24, 2.45) is 0 Å². The second-order valence-electron chi connectivity index (χ2n) is 3.17. The number of anilines is 1. The van der Waals surface area contributed by atoms with Crippen LogP contribution in [0.25, 0.3) is 0 Å². The number of carbonyl (C=O) groups excluding carboxylic acids is 1. The van der Waals surface area contributed by atoms with Gasteiger partial charge in [0, 0.05) is 0 Å². The van der Waals surface area contributed by atoms with Crippen LogP contribution in [0.5, 0.6) is 5.75 Å². The highest BCUT2D eigenvalue weighted by Gasteiger charge is 2.10. The number of hydrogen-bond donors (Lipinski definition) is 1. The molecule has 0 radical (unpaired) electrons. The number of esters is 1. The van der Waals surface area contributed by atoms with Crippen molar-refractivity contribution in [1.29, 1.82) is 0 Å². The first-order chi connectivity index (χ1) is 8.15. The first-order valence-electron chi connectivity index (χ1n) is 4.70. The summed E-state index contributed by atoms with van der Waals surface area (Å²) in [5, 5.41) is 0. The van der Waals surface area contributed by atoms with Gasteiger partial charge in [-0.25, -0.2) is 14.2 Å². The molecule has 0 spiro atoms. The minimum Gasteiger partial charge on any atom is -0.422 e. The van der Waals surface area contributed by atoms with Crippen molar-refractivity contribution >= 4 is 11.8 Å². The summed E-state index contributed by atoms with van der Waals surface area (Å²) in [6.07, 6.45) is 2.55. The van der Waals surface area contributed by atoms with E-state index >= 15 is 0 Å². The quantitative estimate of drug-likeness (QED) is 0.626. The van der Waals surface area contributed by atoms with Crippen LogP contribution in [-0.2, 0) is 0 Å². The Morgan fingerprint density at radius 2 is 1.94 bits per heavy atom. The van der Waals surface area contributed by atoms with E-state index < -0.39 is 11.8 Å². The van der Waals surface area contributed by atoms with Gasteiger partial charge >= 0.3 is 5.97 Å².